The monoisotopic (exact) mass is 366 g/mol. The zero-order valence-corrected chi connectivity index (χ0v) is 15.2. The molecule has 6 nitrogen and oxygen atoms in total. The number of rotatable bonds is 6. The molecule has 27 heavy (non-hydrogen) atoms. The third-order valence-corrected chi connectivity index (χ3v) is 4.75. The summed E-state index contributed by atoms with van der Waals surface area (Å²) in [6.07, 6.45) is 2.12. The van der Waals surface area contributed by atoms with Crippen molar-refractivity contribution in [2.24, 2.45) is 0 Å². The van der Waals surface area contributed by atoms with Crippen LogP contribution in [0.5, 0.6) is 0 Å². The van der Waals surface area contributed by atoms with Gasteiger partial charge in [0.05, 0.1) is 0 Å². The first-order chi connectivity index (χ1) is 12.9. The predicted octanol–water partition coefficient (Wildman–Crippen LogP) is 2.92. The Balaban J connectivity index is 1.99. The van der Waals surface area contributed by atoms with E-state index in [1.807, 2.05) is 26.0 Å². The Morgan fingerprint density at radius 3 is 2.48 bits per heavy atom. The lowest BCUT2D eigenvalue weighted by atomic mass is 9.94. The minimum atomic E-state index is -1.01. The average molecular weight is 366 g/mol. The van der Waals surface area contributed by atoms with E-state index in [1.165, 1.54) is 0 Å². The molecule has 0 aliphatic rings. The first kappa shape index (κ1) is 18.7. The summed E-state index contributed by atoms with van der Waals surface area (Å²) < 4.78 is 0. The summed E-state index contributed by atoms with van der Waals surface area (Å²) >= 11 is 0. The highest BCUT2D eigenvalue weighted by atomic mass is 16.4. The van der Waals surface area contributed by atoms with Crippen LogP contribution in [0.15, 0.2) is 47.4 Å². The van der Waals surface area contributed by atoms with Gasteiger partial charge in [-0.2, -0.15) is 0 Å². The van der Waals surface area contributed by atoms with Gasteiger partial charge >= 0.3 is 5.97 Å². The number of aromatic amines is 1. The molecule has 140 valence electrons. The number of anilines is 1. The van der Waals surface area contributed by atoms with E-state index in [2.05, 4.69) is 10.3 Å². The lowest BCUT2D eigenvalue weighted by Gasteiger charge is -2.19. The summed E-state index contributed by atoms with van der Waals surface area (Å²) in [5.74, 6) is -1.01. The third kappa shape index (κ3) is 3.85. The third-order valence-electron chi connectivity index (χ3n) is 4.75. The molecule has 1 heterocycles. The minimum absolute atomic E-state index is 0.0489. The van der Waals surface area contributed by atoms with Crippen LogP contribution in [0.4, 0.5) is 5.69 Å². The fourth-order valence-corrected chi connectivity index (χ4v) is 3.43. The molecular weight excluding hydrogens is 344 g/mol. The van der Waals surface area contributed by atoms with Crippen LogP contribution in [0.2, 0.25) is 0 Å². The molecule has 0 amide bonds. The highest BCUT2D eigenvalue weighted by Crippen LogP contribution is 2.26. The quantitative estimate of drug-likeness (QED) is 0.537. The molecule has 4 N–H and O–H groups in total. The fraction of sp³-hybridized carbons (Fsp3) is 0.238. The van der Waals surface area contributed by atoms with Crippen LogP contribution in [0.3, 0.4) is 0 Å². The molecule has 0 saturated carbocycles. The van der Waals surface area contributed by atoms with Gasteiger partial charge in [0, 0.05) is 23.9 Å². The standard InChI is InChI=1S/C21H22N2O4/c1-12-9-15(10-13(2)17(12)6-8-24)19(21(26)27)23-16-4-3-14-5-7-22-20(25)18(14)11-16/h3-5,7,9-11,19,23-24H,6,8H2,1-2H3,(H,22,25)(H,26,27). The number of hydrogen-bond acceptors (Lipinski definition) is 4. The number of fused-ring (bicyclic) bond motifs is 1. The molecule has 2 aromatic carbocycles. The number of H-pyrrole nitrogens is 1. The van der Waals surface area contributed by atoms with Crippen molar-refractivity contribution in [2.75, 3.05) is 11.9 Å². The van der Waals surface area contributed by atoms with Crippen LogP contribution in [0, 0.1) is 13.8 Å². The van der Waals surface area contributed by atoms with Crippen molar-refractivity contribution in [1.82, 2.24) is 4.98 Å². The van der Waals surface area contributed by atoms with Gasteiger partial charge in [0.15, 0.2) is 6.04 Å². The first-order valence-electron chi connectivity index (χ1n) is 8.72. The lowest BCUT2D eigenvalue weighted by Crippen LogP contribution is -2.21. The molecule has 3 aromatic rings. The summed E-state index contributed by atoms with van der Waals surface area (Å²) in [6.45, 7) is 3.87. The zero-order valence-electron chi connectivity index (χ0n) is 15.2. The molecule has 0 aliphatic heterocycles. The van der Waals surface area contributed by atoms with Crippen molar-refractivity contribution in [3.05, 3.63) is 75.2 Å². The van der Waals surface area contributed by atoms with Gasteiger partial charge in [-0.1, -0.05) is 18.2 Å². The minimum Gasteiger partial charge on any atom is -0.479 e. The SMILES string of the molecule is Cc1cc(C(Nc2ccc3cc[nH]c(=O)c3c2)C(=O)O)cc(C)c1CCO. The molecule has 6 heteroatoms. The number of benzene rings is 2. The Bertz CT molecular complexity index is 1030. The van der Waals surface area contributed by atoms with Crippen LogP contribution >= 0.6 is 0 Å². The molecule has 1 aromatic heterocycles. The Morgan fingerprint density at radius 2 is 1.85 bits per heavy atom. The van der Waals surface area contributed by atoms with Gasteiger partial charge in [0.1, 0.15) is 0 Å². The van der Waals surface area contributed by atoms with Crippen LogP contribution in [0.25, 0.3) is 10.8 Å². The molecule has 0 fully saturated rings. The summed E-state index contributed by atoms with van der Waals surface area (Å²) in [5.41, 5.74) is 3.89. The number of hydrogen-bond donors (Lipinski definition) is 4. The van der Waals surface area contributed by atoms with Crippen molar-refractivity contribution >= 4 is 22.4 Å². The highest BCUT2D eigenvalue weighted by molar-refractivity contribution is 5.86. The molecule has 0 spiro atoms. The van der Waals surface area contributed by atoms with Crippen molar-refractivity contribution in [2.45, 2.75) is 26.3 Å². The van der Waals surface area contributed by atoms with Crippen LogP contribution < -0.4 is 10.9 Å². The van der Waals surface area contributed by atoms with E-state index in [0.717, 1.165) is 22.1 Å². The van der Waals surface area contributed by atoms with E-state index in [0.29, 0.717) is 23.1 Å². The summed E-state index contributed by atoms with van der Waals surface area (Å²) in [7, 11) is 0. The van der Waals surface area contributed by atoms with Gasteiger partial charge < -0.3 is 20.5 Å². The first-order valence-corrected chi connectivity index (χ1v) is 8.72. The summed E-state index contributed by atoms with van der Waals surface area (Å²) in [4.78, 5) is 26.5. The second-order valence-corrected chi connectivity index (χ2v) is 6.63. The summed E-state index contributed by atoms with van der Waals surface area (Å²) in [5, 5.41) is 23.2. The van der Waals surface area contributed by atoms with E-state index < -0.39 is 12.0 Å². The number of carbonyl (C=O) groups is 1. The molecule has 0 bridgehead atoms. The normalized spacial score (nSPS) is 12.1. The van der Waals surface area contributed by atoms with Crippen LogP contribution in [-0.2, 0) is 11.2 Å². The number of carboxylic acids is 1. The molecule has 1 atom stereocenters. The molecule has 0 saturated heterocycles. The maximum absolute atomic E-state index is 12.0. The number of aryl methyl sites for hydroxylation is 2. The lowest BCUT2D eigenvalue weighted by molar-refractivity contribution is -0.138. The van der Waals surface area contributed by atoms with E-state index in [-0.39, 0.29) is 12.2 Å². The van der Waals surface area contributed by atoms with Gasteiger partial charge in [0.2, 0.25) is 0 Å². The second-order valence-electron chi connectivity index (χ2n) is 6.63. The number of aliphatic hydroxyl groups is 1. The van der Waals surface area contributed by atoms with E-state index in [9.17, 15) is 19.8 Å². The van der Waals surface area contributed by atoms with Crippen molar-refractivity contribution in [3.63, 3.8) is 0 Å². The van der Waals surface area contributed by atoms with Crippen LogP contribution in [-0.4, -0.2) is 27.8 Å². The highest BCUT2D eigenvalue weighted by Gasteiger charge is 2.21. The maximum Gasteiger partial charge on any atom is 0.330 e. The van der Waals surface area contributed by atoms with E-state index in [1.54, 1.807) is 30.5 Å². The van der Waals surface area contributed by atoms with Gasteiger partial charge in [-0.15, -0.1) is 0 Å². The van der Waals surface area contributed by atoms with Gasteiger partial charge in [0.25, 0.3) is 5.56 Å². The average Bonchev–Trinajstić information content (AvgIpc) is 2.63. The maximum atomic E-state index is 12.0. The molecule has 0 aliphatic carbocycles. The Kier molecular flexibility index (Phi) is 5.28. The fourth-order valence-electron chi connectivity index (χ4n) is 3.43. The van der Waals surface area contributed by atoms with Gasteiger partial charge in [-0.3, -0.25) is 4.79 Å². The largest absolute Gasteiger partial charge is 0.479 e. The predicted molar refractivity (Wildman–Crippen MR) is 105 cm³/mol. The molecule has 3 rings (SSSR count). The Hall–Kier alpha value is -3.12. The number of aromatic nitrogens is 1. The number of aliphatic carboxylic acids is 1. The topological polar surface area (TPSA) is 102 Å². The van der Waals surface area contributed by atoms with E-state index >= 15 is 0 Å². The van der Waals surface area contributed by atoms with Gasteiger partial charge in [-0.05, 0) is 66.1 Å². The number of carboxylic acid groups (broad SMARTS) is 1. The number of nitrogens with one attached hydrogen (secondary N) is 2. The molecule has 0 radical (unpaired) electrons. The Morgan fingerprint density at radius 1 is 1.15 bits per heavy atom. The van der Waals surface area contributed by atoms with Gasteiger partial charge in [-0.25, -0.2) is 4.79 Å². The smallest absolute Gasteiger partial charge is 0.330 e. The number of aliphatic hydroxyl groups excluding tert-OH is 1. The number of pyridine rings is 1. The van der Waals surface area contributed by atoms with Crippen molar-refractivity contribution < 1.29 is 15.0 Å². The van der Waals surface area contributed by atoms with Crippen molar-refractivity contribution in [3.8, 4) is 0 Å². The molecule has 1 unspecified atom stereocenters. The second kappa shape index (κ2) is 7.63. The van der Waals surface area contributed by atoms with Crippen LogP contribution in [0.1, 0.15) is 28.3 Å². The van der Waals surface area contributed by atoms with E-state index in [4.69, 9.17) is 0 Å². The zero-order chi connectivity index (χ0) is 19.6. The summed E-state index contributed by atoms with van der Waals surface area (Å²) in [6, 6.07) is 9.71. The van der Waals surface area contributed by atoms with Crippen molar-refractivity contribution in [1.29, 1.82) is 0 Å². The Labute approximate surface area is 156 Å². The molecular formula is C21H22N2O4.